The van der Waals surface area contributed by atoms with Crippen molar-refractivity contribution >= 4 is 15.9 Å². The third kappa shape index (κ3) is 5.69. The van der Waals surface area contributed by atoms with Gasteiger partial charge in [0.1, 0.15) is 11.9 Å². The van der Waals surface area contributed by atoms with Crippen LogP contribution in [0.4, 0.5) is 4.39 Å². The van der Waals surface area contributed by atoms with E-state index in [1.54, 1.807) is 18.2 Å². The van der Waals surface area contributed by atoms with E-state index in [1.807, 2.05) is 6.07 Å². The molecule has 0 saturated heterocycles. The van der Waals surface area contributed by atoms with Crippen molar-refractivity contribution in [1.29, 1.82) is 0 Å². The van der Waals surface area contributed by atoms with Crippen molar-refractivity contribution in [3.05, 3.63) is 66.0 Å². The number of aliphatic hydroxyl groups is 1. The van der Waals surface area contributed by atoms with Gasteiger partial charge in [0.25, 0.3) is 0 Å². The topological polar surface area (TPSA) is 123 Å². The summed E-state index contributed by atoms with van der Waals surface area (Å²) in [6.45, 7) is -0.0245. The number of amides is 1. The van der Waals surface area contributed by atoms with Crippen LogP contribution < -0.4 is 19.5 Å². The van der Waals surface area contributed by atoms with E-state index in [1.165, 1.54) is 18.2 Å². The zero-order chi connectivity index (χ0) is 23.4. The molecule has 33 heavy (non-hydrogen) atoms. The van der Waals surface area contributed by atoms with E-state index < -0.39 is 40.7 Å². The van der Waals surface area contributed by atoms with Crippen LogP contribution in [0.2, 0.25) is 0 Å². The molecule has 4 rings (SSSR count). The van der Waals surface area contributed by atoms with Gasteiger partial charge in [0.2, 0.25) is 22.7 Å². The summed E-state index contributed by atoms with van der Waals surface area (Å²) in [4.78, 5) is 12.1. The highest BCUT2D eigenvalue weighted by Gasteiger charge is 2.31. The average molecular weight is 478 g/mol. The maximum Gasteiger partial charge on any atom is 0.241 e. The molecule has 3 atom stereocenters. The molecular formula is C22H23FN2O7S. The highest BCUT2D eigenvalue weighted by molar-refractivity contribution is 7.89. The summed E-state index contributed by atoms with van der Waals surface area (Å²) >= 11 is 0. The Morgan fingerprint density at radius 2 is 1.94 bits per heavy atom. The molecule has 0 aliphatic carbocycles. The first-order valence-electron chi connectivity index (χ1n) is 10.2. The number of sulfonamides is 1. The fraction of sp³-hybridized carbons (Fsp3) is 0.318. The Labute approximate surface area is 190 Å². The lowest BCUT2D eigenvalue weighted by Gasteiger charge is -2.31. The van der Waals surface area contributed by atoms with Gasteiger partial charge >= 0.3 is 0 Å². The van der Waals surface area contributed by atoms with Crippen LogP contribution in [0.1, 0.15) is 12.0 Å². The highest BCUT2D eigenvalue weighted by Crippen LogP contribution is 2.32. The lowest BCUT2D eigenvalue weighted by molar-refractivity contribution is -0.125. The number of aliphatic hydroxyl groups excluding tert-OH is 1. The summed E-state index contributed by atoms with van der Waals surface area (Å²) in [5, 5.41) is 12.5. The monoisotopic (exact) mass is 478 g/mol. The average Bonchev–Trinajstić information content (AvgIpc) is 3.26. The van der Waals surface area contributed by atoms with Crippen molar-refractivity contribution in [2.75, 3.05) is 13.4 Å². The summed E-state index contributed by atoms with van der Waals surface area (Å²) in [5.74, 6) is 0.318. The second kappa shape index (κ2) is 9.87. The molecule has 0 radical (unpaired) electrons. The van der Waals surface area contributed by atoms with Gasteiger partial charge in [0, 0.05) is 6.54 Å². The molecule has 0 bridgehead atoms. The number of fused-ring (bicyclic) bond motifs is 1. The Morgan fingerprint density at radius 1 is 1.12 bits per heavy atom. The first kappa shape index (κ1) is 23.2. The molecule has 0 unspecified atom stereocenters. The van der Waals surface area contributed by atoms with E-state index in [0.29, 0.717) is 11.5 Å². The molecule has 1 amide bonds. The molecule has 0 aromatic heterocycles. The van der Waals surface area contributed by atoms with Crippen molar-refractivity contribution in [3.8, 4) is 11.5 Å². The Hall–Kier alpha value is -2.99. The van der Waals surface area contributed by atoms with Gasteiger partial charge in [0.15, 0.2) is 11.5 Å². The number of carbonyl (C=O) groups is 1. The summed E-state index contributed by atoms with van der Waals surface area (Å²) in [6, 6.07) is 9.10. The molecule has 11 heteroatoms. The van der Waals surface area contributed by atoms with E-state index in [4.69, 9.17) is 14.2 Å². The molecule has 9 nitrogen and oxygen atoms in total. The summed E-state index contributed by atoms with van der Waals surface area (Å²) < 4.78 is 57.1. The van der Waals surface area contributed by atoms with Crippen LogP contribution >= 0.6 is 0 Å². The summed E-state index contributed by atoms with van der Waals surface area (Å²) in [5.41, 5.74) is 0.841. The Balaban J connectivity index is 1.33. The van der Waals surface area contributed by atoms with Gasteiger partial charge in [0.05, 0.1) is 30.1 Å². The molecule has 2 aromatic carbocycles. The van der Waals surface area contributed by atoms with Gasteiger partial charge in [-0.2, -0.15) is 0 Å². The molecule has 3 N–H and O–H groups in total. The maximum atomic E-state index is 13.4. The van der Waals surface area contributed by atoms with Crippen molar-refractivity contribution in [1.82, 2.24) is 10.0 Å². The molecule has 0 spiro atoms. The van der Waals surface area contributed by atoms with Crippen LogP contribution in [0.5, 0.6) is 11.5 Å². The molecule has 2 aliphatic rings. The molecule has 2 heterocycles. The third-order valence-electron chi connectivity index (χ3n) is 5.17. The number of benzene rings is 2. The maximum absolute atomic E-state index is 13.4. The van der Waals surface area contributed by atoms with Gasteiger partial charge in [-0.25, -0.2) is 17.5 Å². The predicted octanol–water partition coefficient (Wildman–Crippen LogP) is 1.22. The summed E-state index contributed by atoms with van der Waals surface area (Å²) in [6.07, 6.45) is 1.52. The van der Waals surface area contributed by atoms with E-state index in [9.17, 15) is 22.7 Å². The minimum absolute atomic E-state index is 0.0130. The molecule has 0 fully saturated rings. The first-order chi connectivity index (χ1) is 15.8. The lowest BCUT2D eigenvalue weighted by atomic mass is 10.1. The second-order valence-corrected chi connectivity index (χ2v) is 9.27. The SMILES string of the molecule is O=C(C[C@H]1C=C[C@H](NS(=O)(=O)c2cccc(F)c2)[C@H](CO)O1)NCc1ccc2c(c1)OCO2. The van der Waals surface area contributed by atoms with E-state index in [2.05, 4.69) is 10.0 Å². The number of carbonyl (C=O) groups excluding carboxylic acids is 1. The second-order valence-electron chi connectivity index (χ2n) is 7.55. The Kier molecular flexibility index (Phi) is 6.94. The smallest absolute Gasteiger partial charge is 0.241 e. The van der Waals surface area contributed by atoms with E-state index in [0.717, 1.165) is 17.7 Å². The first-order valence-corrected chi connectivity index (χ1v) is 11.7. The van der Waals surface area contributed by atoms with Gasteiger partial charge in [-0.05, 0) is 35.9 Å². The van der Waals surface area contributed by atoms with Crippen LogP contribution in [0, 0.1) is 5.82 Å². The Morgan fingerprint density at radius 3 is 2.73 bits per heavy atom. The summed E-state index contributed by atoms with van der Waals surface area (Å²) in [7, 11) is -4.04. The minimum atomic E-state index is -4.04. The standard InChI is InChI=1S/C22H23FN2O7S/c23-15-2-1-3-17(9-15)33(28,29)25-18-6-5-16(32-21(18)12-26)10-22(27)24-11-14-4-7-19-20(8-14)31-13-30-19/h1-9,16,18,21,25-26H,10-13H2,(H,24,27)/t16-,18+,21+/m1/s1. The number of halogens is 1. The van der Waals surface area contributed by atoms with Gasteiger partial charge in [-0.15, -0.1) is 0 Å². The molecule has 176 valence electrons. The number of ether oxygens (including phenoxy) is 3. The van der Waals surface area contributed by atoms with E-state index >= 15 is 0 Å². The molecular weight excluding hydrogens is 455 g/mol. The quantitative estimate of drug-likeness (QED) is 0.488. The minimum Gasteiger partial charge on any atom is -0.454 e. The number of nitrogens with one attached hydrogen (secondary N) is 2. The van der Waals surface area contributed by atoms with Gasteiger partial charge < -0.3 is 24.6 Å². The van der Waals surface area contributed by atoms with Crippen LogP contribution in [-0.4, -0.2) is 51.1 Å². The van der Waals surface area contributed by atoms with Gasteiger partial charge in [-0.1, -0.05) is 24.3 Å². The van der Waals surface area contributed by atoms with E-state index in [-0.39, 0.29) is 30.6 Å². The highest BCUT2D eigenvalue weighted by atomic mass is 32.2. The Bertz CT molecular complexity index is 1160. The van der Waals surface area contributed by atoms with Crippen molar-refractivity contribution in [2.45, 2.75) is 36.1 Å². The fourth-order valence-electron chi connectivity index (χ4n) is 3.50. The number of hydrogen-bond acceptors (Lipinski definition) is 7. The van der Waals surface area contributed by atoms with Crippen molar-refractivity contribution in [3.63, 3.8) is 0 Å². The van der Waals surface area contributed by atoms with Crippen LogP contribution in [0.3, 0.4) is 0 Å². The number of hydrogen-bond donors (Lipinski definition) is 3. The normalized spacial score (nSPS) is 21.7. The third-order valence-corrected chi connectivity index (χ3v) is 6.63. The number of rotatable bonds is 8. The predicted molar refractivity (Wildman–Crippen MR) is 114 cm³/mol. The molecule has 0 saturated carbocycles. The zero-order valence-electron chi connectivity index (χ0n) is 17.4. The largest absolute Gasteiger partial charge is 0.454 e. The van der Waals surface area contributed by atoms with Crippen molar-refractivity contribution < 1.29 is 36.9 Å². The fourth-order valence-corrected chi connectivity index (χ4v) is 4.75. The molecule has 2 aliphatic heterocycles. The lowest BCUT2D eigenvalue weighted by Crippen LogP contribution is -2.49. The molecule has 2 aromatic rings. The van der Waals surface area contributed by atoms with Crippen LogP contribution in [-0.2, 0) is 26.1 Å². The van der Waals surface area contributed by atoms with Gasteiger partial charge in [-0.3, -0.25) is 4.79 Å². The van der Waals surface area contributed by atoms with Crippen LogP contribution in [0.25, 0.3) is 0 Å². The zero-order valence-corrected chi connectivity index (χ0v) is 18.3. The van der Waals surface area contributed by atoms with Crippen molar-refractivity contribution in [2.24, 2.45) is 0 Å². The van der Waals surface area contributed by atoms with Crippen LogP contribution in [0.15, 0.2) is 59.5 Å².